The molecule has 4 aliphatic rings. The Bertz CT molecular complexity index is 1560. The first-order valence-electron chi connectivity index (χ1n) is 19.7. The van der Waals surface area contributed by atoms with Crippen LogP contribution < -0.4 is 0 Å². The second-order valence-corrected chi connectivity index (χ2v) is 18.2. The summed E-state index contributed by atoms with van der Waals surface area (Å²) in [5.74, 6) is 1.24. The molecule has 288 valence electrons. The first-order chi connectivity index (χ1) is 26.3. The van der Waals surface area contributed by atoms with Crippen molar-refractivity contribution in [1.82, 2.24) is 19.6 Å². The van der Waals surface area contributed by atoms with E-state index in [9.17, 15) is 19.2 Å². The standard InChI is InChI=1S/C42H52N4O4S4/c47-35(43-25-19-33(20-26-43)29-31-13-5-1-6-14-31)17-9-3-11-23-45-39(49)37(53-41(45)51)38-40(50)46(42(52)54-38)24-12-4-10-18-36(48)44-27-21-34(22-28-44)30-32-15-7-2-8-16-32/h1-2,5-8,13-16,33-34H,3-4,9-12,17-30H2/b38-37+. The number of rotatable bonds is 16. The summed E-state index contributed by atoms with van der Waals surface area (Å²) >= 11 is 13.5. The number of benzene rings is 2. The van der Waals surface area contributed by atoms with Crippen LogP contribution in [-0.2, 0) is 32.0 Å². The van der Waals surface area contributed by atoms with Crippen LogP contribution in [0.3, 0.4) is 0 Å². The first kappa shape index (κ1) is 40.6. The Hall–Kier alpha value is -3.06. The molecule has 4 aliphatic heterocycles. The SMILES string of the molecule is O=C(CCCCCN1C(=O)/C(=C2\SC(=S)N(CCCCCC(=O)N3CCC(Cc4ccccc4)CC3)C2=O)SC1=S)N1CCC(Cc2ccccc2)CC1. The zero-order valence-electron chi connectivity index (χ0n) is 31.1. The van der Waals surface area contributed by atoms with E-state index in [0.717, 1.165) is 103 Å². The molecule has 12 heteroatoms. The molecule has 0 aromatic heterocycles. The molecule has 8 nitrogen and oxygen atoms in total. The van der Waals surface area contributed by atoms with Crippen molar-refractivity contribution < 1.29 is 19.2 Å². The Morgan fingerprint density at radius 3 is 1.30 bits per heavy atom. The Balaban J connectivity index is 0.847. The molecule has 4 heterocycles. The monoisotopic (exact) mass is 804 g/mol. The van der Waals surface area contributed by atoms with Crippen molar-refractivity contribution in [3.8, 4) is 0 Å². The molecule has 0 saturated carbocycles. The Morgan fingerprint density at radius 1 is 0.556 bits per heavy atom. The number of carbonyl (C=O) groups is 4. The minimum absolute atomic E-state index is 0.222. The molecule has 4 amide bonds. The van der Waals surface area contributed by atoms with E-state index in [1.807, 2.05) is 21.9 Å². The summed E-state index contributed by atoms with van der Waals surface area (Å²) in [6.45, 7) is 4.26. The maximum atomic E-state index is 13.4. The molecular formula is C42H52N4O4S4. The van der Waals surface area contributed by atoms with Crippen LogP contribution in [0.1, 0.15) is 88.2 Å². The lowest BCUT2D eigenvalue weighted by atomic mass is 9.90. The van der Waals surface area contributed by atoms with Gasteiger partial charge in [0.2, 0.25) is 11.8 Å². The van der Waals surface area contributed by atoms with Crippen LogP contribution in [0.5, 0.6) is 0 Å². The van der Waals surface area contributed by atoms with Crippen molar-refractivity contribution in [2.24, 2.45) is 11.8 Å². The number of unbranched alkanes of at least 4 members (excludes halogenated alkanes) is 4. The summed E-state index contributed by atoms with van der Waals surface area (Å²) in [7, 11) is 0. The lowest BCUT2D eigenvalue weighted by Crippen LogP contribution is -2.38. The fourth-order valence-electron chi connectivity index (χ4n) is 7.89. The Morgan fingerprint density at radius 2 is 0.926 bits per heavy atom. The molecule has 0 radical (unpaired) electrons. The number of hydrogen-bond donors (Lipinski definition) is 0. The number of likely N-dealkylation sites (tertiary alicyclic amines) is 2. The van der Waals surface area contributed by atoms with E-state index in [-0.39, 0.29) is 23.6 Å². The van der Waals surface area contributed by atoms with Gasteiger partial charge in [-0.05, 0) is 87.2 Å². The molecule has 54 heavy (non-hydrogen) atoms. The third-order valence-electron chi connectivity index (χ3n) is 11.1. The molecule has 0 unspecified atom stereocenters. The van der Waals surface area contributed by atoms with Gasteiger partial charge in [0.15, 0.2) is 0 Å². The minimum Gasteiger partial charge on any atom is -0.343 e. The van der Waals surface area contributed by atoms with E-state index < -0.39 is 0 Å². The Kier molecular flexibility index (Phi) is 15.2. The highest BCUT2D eigenvalue weighted by atomic mass is 32.2. The summed E-state index contributed by atoms with van der Waals surface area (Å²) in [4.78, 5) is 60.5. The largest absolute Gasteiger partial charge is 0.343 e. The molecule has 0 atom stereocenters. The summed E-state index contributed by atoms with van der Waals surface area (Å²) in [5, 5.41) is 0. The maximum Gasteiger partial charge on any atom is 0.267 e. The van der Waals surface area contributed by atoms with Crippen LogP contribution >= 0.6 is 48.0 Å². The molecule has 0 N–H and O–H groups in total. The molecule has 4 fully saturated rings. The third-order valence-corrected chi connectivity index (χ3v) is 14.1. The Labute approximate surface area is 339 Å². The third kappa shape index (κ3) is 11.0. The van der Waals surface area contributed by atoms with E-state index in [2.05, 4.69) is 48.5 Å². The lowest BCUT2D eigenvalue weighted by Gasteiger charge is -2.32. The van der Waals surface area contributed by atoms with Gasteiger partial charge in [-0.1, -0.05) is 121 Å². The van der Waals surface area contributed by atoms with Gasteiger partial charge in [0.05, 0.1) is 9.81 Å². The maximum absolute atomic E-state index is 13.4. The molecule has 4 saturated heterocycles. The fraction of sp³-hybridized carbons (Fsp3) is 0.524. The van der Waals surface area contributed by atoms with Crippen LogP contribution in [0.25, 0.3) is 0 Å². The van der Waals surface area contributed by atoms with Gasteiger partial charge in [0.1, 0.15) is 8.64 Å². The quantitative estimate of drug-likeness (QED) is 0.0961. The number of nitrogens with zero attached hydrogens (tertiary/aromatic N) is 4. The number of carbonyl (C=O) groups excluding carboxylic acids is 4. The molecule has 2 aromatic carbocycles. The topological polar surface area (TPSA) is 81.2 Å². The van der Waals surface area contributed by atoms with E-state index >= 15 is 0 Å². The highest BCUT2D eigenvalue weighted by Crippen LogP contribution is 2.42. The second kappa shape index (κ2) is 20.2. The van der Waals surface area contributed by atoms with Gasteiger partial charge < -0.3 is 9.80 Å². The predicted octanol–water partition coefficient (Wildman–Crippen LogP) is 8.00. The summed E-state index contributed by atoms with van der Waals surface area (Å²) in [6.07, 6.45) is 12.1. The summed E-state index contributed by atoms with van der Waals surface area (Å²) in [6, 6.07) is 21.2. The fourth-order valence-corrected chi connectivity index (χ4v) is 10.7. The predicted molar refractivity (Wildman–Crippen MR) is 227 cm³/mol. The molecule has 0 spiro atoms. The van der Waals surface area contributed by atoms with E-state index in [1.165, 1.54) is 34.7 Å². The van der Waals surface area contributed by atoms with Gasteiger partial charge in [0.25, 0.3) is 11.8 Å². The highest BCUT2D eigenvalue weighted by Gasteiger charge is 2.41. The van der Waals surface area contributed by atoms with Crippen molar-refractivity contribution in [1.29, 1.82) is 0 Å². The number of piperidine rings is 2. The van der Waals surface area contributed by atoms with Crippen LogP contribution in [0.4, 0.5) is 0 Å². The van der Waals surface area contributed by atoms with Crippen LogP contribution in [0.15, 0.2) is 70.5 Å². The van der Waals surface area contributed by atoms with Crippen molar-refractivity contribution in [3.05, 3.63) is 81.6 Å². The van der Waals surface area contributed by atoms with Crippen LogP contribution in [-0.4, -0.2) is 91.1 Å². The number of hydrogen-bond acceptors (Lipinski definition) is 8. The molecule has 2 aromatic rings. The average molecular weight is 805 g/mol. The molecule has 0 bridgehead atoms. The smallest absolute Gasteiger partial charge is 0.267 e. The highest BCUT2D eigenvalue weighted by molar-refractivity contribution is 8.29. The molecule has 6 rings (SSSR count). The first-order valence-corrected chi connectivity index (χ1v) is 22.2. The minimum atomic E-state index is -0.234. The number of thiocarbonyl (C=S) groups is 2. The van der Waals surface area contributed by atoms with Crippen molar-refractivity contribution in [2.45, 2.75) is 89.9 Å². The second-order valence-electron chi connectivity index (χ2n) is 15.0. The van der Waals surface area contributed by atoms with Crippen molar-refractivity contribution in [2.75, 3.05) is 39.3 Å². The van der Waals surface area contributed by atoms with Crippen LogP contribution in [0.2, 0.25) is 0 Å². The van der Waals surface area contributed by atoms with Gasteiger partial charge in [-0.25, -0.2) is 0 Å². The van der Waals surface area contributed by atoms with Gasteiger partial charge in [-0.3, -0.25) is 29.0 Å². The van der Waals surface area contributed by atoms with Gasteiger partial charge in [0, 0.05) is 52.1 Å². The average Bonchev–Trinajstić information content (AvgIpc) is 3.63. The number of amides is 4. The van der Waals surface area contributed by atoms with Gasteiger partial charge in [-0.15, -0.1) is 0 Å². The normalized spacial score (nSPS) is 20.1. The zero-order chi connectivity index (χ0) is 37.9. The molecular weight excluding hydrogens is 753 g/mol. The van der Waals surface area contributed by atoms with Gasteiger partial charge >= 0.3 is 0 Å². The summed E-state index contributed by atoms with van der Waals surface area (Å²) < 4.78 is 0.916. The van der Waals surface area contributed by atoms with Crippen molar-refractivity contribution in [3.63, 3.8) is 0 Å². The summed E-state index contributed by atoms with van der Waals surface area (Å²) in [5.41, 5.74) is 2.74. The lowest BCUT2D eigenvalue weighted by molar-refractivity contribution is -0.133. The van der Waals surface area contributed by atoms with E-state index in [4.69, 9.17) is 24.4 Å². The van der Waals surface area contributed by atoms with E-state index in [1.54, 1.807) is 9.80 Å². The molecule has 0 aliphatic carbocycles. The van der Waals surface area contributed by atoms with E-state index in [0.29, 0.717) is 56.2 Å². The van der Waals surface area contributed by atoms with Crippen molar-refractivity contribution >= 4 is 80.2 Å². The zero-order valence-corrected chi connectivity index (χ0v) is 34.4. The van der Waals surface area contributed by atoms with Gasteiger partial charge in [-0.2, -0.15) is 0 Å². The van der Waals surface area contributed by atoms with Crippen LogP contribution in [0, 0.1) is 11.8 Å². The number of thioether (sulfide) groups is 2.